The number of amides is 1. The van der Waals surface area contributed by atoms with Crippen LogP contribution in [0.1, 0.15) is 20.9 Å². The number of thiophene rings is 1. The maximum absolute atomic E-state index is 12.6. The SMILES string of the molecule is Cc1nc(-c2ccccc2)nc2sc(C(=O)Nc3nccs3)c(C)c12. The number of anilines is 1. The van der Waals surface area contributed by atoms with Crippen molar-refractivity contribution in [3.63, 3.8) is 0 Å². The predicted molar refractivity (Wildman–Crippen MR) is 102 cm³/mol. The monoisotopic (exact) mass is 366 g/mol. The van der Waals surface area contributed by atoms with Gasteiger partial charge in [-0.1, -0.05) is 30.3 Å². The van der Waals surface area contributed by atoms with Gasteiger partial charge in [-0.3, -0.25) is 10.1 Å². The van der Waals surface area contributed by atoms with Crippen LogP contribution in [0.2, 0.25) is 0 Å². The van der Waals surface area contributed by atoms with E-state index in [-0.39, 0.29) is 5.91 Å². The smallest absolute Gasteiger partial charge is 0.267 e. The molecule has 0 saturated heterocycles. The highest BCUT2D eigenvalue weighted by Gasteiger charge is 2.20. The van der Waals surface area contributed by atoms with Crippen molar-refractivity contribution in [2.45, 2.75) is 13.8 Å². The molecule has 5 nitrogen and oxygen atoms in total. The zero-order valence-electron chi connectivity index (χ0n) is 13.6. The largest absolute Gasteiger partial charge is 0.297 e. The van der Waals surface area contributed by atoms with Crippen molar-refractivity contribution in [3.8, 4) is 11.4 Å². The molecule has 0 aliphatic carbocycles. The third kappa shape index (κ3) is 2.92. The number of aromatic nitrogens is 3. The maximum Gasteiger partial charge on any atom is 0.267 e. The number of aryl methyl sites for hydroxylation is 2. The molecule has 7 heteroatoms. The van der Waals surface area contributed by atoms with E-state index in [1.54, 1.807) is 6.20 Å². The van der Waals surface area contributed by atoms with Crippen molar-refractivity contribution in [3.05, 3.63) is 58.0 Å². The summed E-state index contributed by atoms with van der Waals surface area (Å²) in [4.78, 5) is 27.5. The Morgan fingerprint density at radius 3 is 2.64 bits per heavy atom. The molecule has 3 aromatic heterocycles. The van der Waals surface area contributed by atoms with E-state index in [0.29, 0.717) is 15.8 Å². The molecular weight excluding hydrogens is 352 g/mol. The predicted octanol–water partition coefficient (Wildman–Crippen LogP) is 4.68. The van der Waals surface area contributed by atoms with Crippen molar-refractivity contribution < 1.29 is 4.79 Å². The lowest BCUT2D eigenvalue weighted by Crippen LogP contribution is -2.10. The van der Waals surface area contributed by atoms with Crippen LogP contribution in [0.15, 0.2) is 41.9 Å². The van der Waals surface area contributed by atoms with Gasteiger partial charge < -0.3 is 0 Å². The highest BCUT2D eigenvalue weighted by atomic mass is 32.1. The highest BCUT2D eigenvalue weighted by molar-refractivity contribution is 7.21. The summed E-state index contributed by atoms with van der Waals surface area (Å²) in [6.07, 6.45) is 1.67. The Balaban J connectivity index is 1.79. The Morgan fingerprint density at radius 2 is 1.92 bits per heavy atom. The van der Waals surface area contributed by atoms with Crippen molar-refractivity contribution >= 4 is 43.9 Å². The molecule has 0 fully saturated rings. The summed E-state index contributed by atoms with van der Waals surface area (Å²) in [7, 11) is 0. The molecule has 0 radical (unpaired) electrons. The first kappa shape index (κ1) is 15.9. The molecule has 25 heavy (non-hydrogen) atoms. The summed E-state index contributed by atoms with van der Waals surface area (Å²) in [6, 6.07) is 9.86. The summed E-state index contributed by atoms with van der Waals surface area (Å²) in [5.74, 6) is 0.523. The zero-order valence-corrected chi connectivity index (χ0v) is 15.2. The van der Waals surface area contributed by atoms with E-state index in [4.69, 9.17) is 0 Å². The number of benzene rings is 1. The van der Waals surface area contributed by atoms with Gasteiger partial charge in [0.25, 0.3) is 5.91 Å². The van der Waals surface area contributed by atoms with Gasteiger partial charge >= 0.3 is 0 Å². The summed E-state index contributed by atoms with van der Waals surface area (Å²) in [6.45, 7) is 3.90. The molecule has 0 unspecified atom stereocenters. The summed E-state index contributed by atoms with van der Waals surface area (Å²) in [5.41, 5.74) is 2.75. The van der Waals surface area contributed by atoms with Gasteiger partial charge in [0.15, 0.2) is 11.0 Å². The molecule has 0 saturated carbocycles. The zero-order chi connectivity index (χ0) is 17.4. The van der Waals surface area contributed by atoms with Crippen LogP contribution in [-0.4, -0.2) is 20.9 Å². The van der Waals surface area contributed by atoms with E-state index >= 15 is 0 Å². The van der Waals surface area contributed by atoms with E-state index in [1.807, 2.05) is 49.6 Å². The Morgan fingerprint density at radius 1 is 1.12 bits per heavy atom. The number of hydrogen-bond donors (Lipinski definition) is 1. The van der Waals surface area contributed by atoms with E-state index in [0.717, 1.165) is 27.0 Å². The summed E-state index contributed by atoms with van der Waals surface area (Å²) in [5, 5.41) is 6.21. The van der Waals surface area contributed by atoms with Crippen LogP contribution in [0, 0.1) is 13.8 Å². The van der Waals surface area contributed by atoms with Gasteiger partial charge in [-0.05, 0) is 19.4 Å². The third-order valence-electron chi connectivity index (χ3n) is 3.86. The fraction of sp³-hybridized carbons (Fsp3) is 0.111. The van der Waals surface area contributed by atoms with E-state index in [1.165, 1.54) is 22.7 Å². The standard InChI is InChI=1S/C18H14N4OS2/c1-10-13-11(2)20-15(12-6-4-3-5-7-12)21-17(13)25-14(10)16(23)22-18-19-8-9-24-18/h3-9H,1-2H3,(H,19,22,23). The van der Waals surface area contributed by atoms with Crippen molar-refractivity contribution in [1.29, 1.82) is 0 Å². The van der Waals surface area contributed by atoms with Crippen molar-refractivity contribution in [2.24, 2.45) is 0 Å². The maximum atomic E-state index is 12.6. The molecule has 0 atom stereocenters. The lowest BCUT2D eigenvalue weighted by molar-refractivity contribution is 0.103. The van der Waals surface area contributed by atoms with Gasteiger partial charge in [0, 0.05) is 22.5 Å². The van der Waals surface area contributed by atoms with Crippen LogP contribution in [0.25, 0.3) is 21.6 Å². The quantitative estimate of drug-likeness (QED) is 0.571. The minimum Gasteiger partial charge on any atom is -0.297 e. The molecule has 1 amide bonds. The van der Waals surface area contributed by atoms with Gasteiger partial charge in [-0.25, -0.2) is 15.0 Å². The van der Waals surface area contributed by atoms with Crippen LogP contribution >= 0.6 is 22.7 Å². The molecule has 3 heterocycles. The molecule has 0 bridgehead atoms. The number of rotatable bonds is 3. The normalized spacial score (nSPS) is 11.0. The Kier molecular flexibility index (Phi) is 4.03. The molecule has 0 aliphatic rings. The van der Waals surface area contributed by atoms with Crippen LogP contribution in [0.4, 0.5) is 5.13 Å². The topological polar surface area (TPSA) is 67.8 Å². The van der Waals surface area contributed by atoms with Crippen LogP contribution in [0.3, 0.4) is 0 Å². The molecule has 4 rings (SSSR count). The lowest BCUT2D eigenvalue weighted by Gasteiger charge is -2.03. The van der Waals surface area contributed by atoms with Crippen LogP contribution < -0.4 is 5.32 Å². The third-order valence-corrected chi connectivity index (χ3v) is 5.74. The molecule has 4 aromatic rings. The average molecular weight is 366 g/mol. The Bertz CT molecular complexity index is 1060. The van der Waals surface area contributed by atoms with Gasteiger partial charge in [0.05, 0.1) is 10.6 Å². The van der Waals surface area contributed by atoms with E-state index in [2.05, 4.69) is 20.3 Å². The molecular formula is C18H14N4OS2. The van der Waals surface area contributed by atoms with Gasteiger partial charge in [0.1, 0.15) is 4.83 Å². The molecule has 0 spiro atoms. The summed E-state index contributed by atoms with van der Waals surface area (Å²) < 4.78 is 0. The number of carbonyl (C=O) groups is 1. The lowest BCUT2D eigenvalue weighted by atomic mass is 10.1. The molecule has 1 aromatic carbocycles. The number of hydrogen-bond acceptors (Lipinski definition) is 6. The fourth-order valence-corrected chi connectivity index (χ4v) is 4.36. The molecule has 1 N–H and O–H groups in total. The first-order valence-electron chi connectivity index (χ1n) is 7.67. The number of nitrogens with one attached hydrogen (secondary N) is 1. The second-order valence-corrected chi connectivity index (χ2v) is 7.42. The first-order valence-corrected chi connectivity index (χ1v) is 9.37. The minimum atomic E-state index is -0.156. The number of nitrogens with zero attached hydrogens (tertiary/aromatic N) is 3. The average Bonchev–Trinajstić information content (AvgIpc) is 3.23. The summed E-state index contributed by atoms with van der Waals surface area (Å²) >= 11 is 2.79. The van der Waals surface area contributed by atoms with Crippen LogP contribution in [-0.2, 0) is 0 Å². The van der Waals surface area contributed by atoms with Gasteiger partial charge in [-0.15, -0.1) is 22.7 Å². The van der Waals surface area contributed by atoms with Crippen molar-refractivity contribution in [1.82, 2.24) is 15.0 Å². The second-order valence-electron chi connectivity index (χ2n) is 5.53. The van der Waals surface area contributed by atoms with Gasteiger partial charge in [0.2, 0.25) is 0 Å². The number of thiazole rings is 1. The molecule has 0 aliphatic heterocycles. The molecule has 124 valence electrons. The second kappa shape index (κ2) is 6.34. The first-order chi connectivity index (χ1) is 12.1. The highest BCUT2D eigenvalue weighted by Crippen LogP contribution is 2.33. The minimum absolute atomic E-state index is 0.156. The van der Waals surface area contributed by atoms with Gasteiger partial charge in [-0.2, -0.15) is 0 Å². The Hall–Kier alpha value is -2.64. The van der Waals surface area contributed by atoms with E-state index in [9.17, 15) is 4.79 Å². The number of fused-ring (bicyclic) bond motifs is 1. The number of carbonyl (C=O) groups excluding carboxylic acids is 1. The fourth-order valence-electron chi connectivity index (χ4n) is 2.71. The van der Waals surface area contributed by atoms with Crippen LogP contribution in [0.5, 0.6) is 0 Å². The van der Waals surface area contributed by atoms with Crippen molar-refractivity contribution in [2.75, 3.05) is 5.32 Å². The Labute approximate surface area is 152 Å². The van der Waals surface area contributed by atoms with E-state index < -0.39 is 0 Å².